The highest BCUT2D eigenvalue weighted by atomic mass is 16.3. The fourth-order valence-corrected chi connectivity index (χ4v) is 2.14. The molecule has 0 unspecified atom stereocenters. The van der Waals surface area contributed by atoms with Crippen molar-refractivity contribution < 1.29 is 9.21 Å². The number of nitrogens with one attached hydrogen (secondary N) is 2. The number of amides is 1. The van der Waals surface area contributed by atoms with Gasteiger partial charge in [-0.1, -0.05) is 0 Å². The molecule has 1 amide bonds. The van der Waals surface area contributed by atoms with Crippen LogP contribution in [0.3, 0.4) is 0 Å². The maximum absolute atomic E-state index is 12.1. The summed E-state index contributed by atoms with van der Waals surface area (Å²) in [5.41, 5.74) is 3.10. The first kappa shape index (κ1) is 11.6. The van der Waals surface area contributed by atoms with Gasteiger partial charge in [0.05, 0.1) is 0 Å². The summed E-state index contributed by atoms with van der Waals surface area (Å²) in [5, 5.41) is 3.86. The normalized spacial score (nSPS) is 10.8. The van der Waals surface area contributed by atoms with Gasteiger partial charge in [-0.25, -0.2) is 0 Å². The second-order valence-corrected chi connectivity index (χ2v) is 4.60. The van der Waals surface area contributed by atoms with E-state index in [1.165, 1.54) is 0 Å². The van der Waals surface area contributed by atoms with Crippen molar-refractivity contribution in [3.05, 3.63) is 53.5 Å². The monoisotopic (exact) mass is 254 g/mol. The van der Waals surface area contributed by atoms with E-state index in [0.717, 1.165) is 28.0 Å². The predicted molar refractivity (Wildman–Crippen MR) is 74.4 cm³/mol. The molecular weight excluding hydrogens is 240 g/mol. The average Bonchev–Trinajstić information content (AvgIpc) is 2.93. The van der Waals surface area contributed by atoms with Crippen LogP contribution >= 0.6 is 0 Å². The number of hydrogen-bond acceptors (Lipinski definition) is 2. The lowest BCUT2D eigenvalue weighted by molar-refractivity contribution is 0.102. The fourth-order valence-electron chi connectivity index (χ4n) is 2.14. The summed E-state index contributed by atoms with van der Waals surface area (Å²) in [7, 11) is 0. The van der Waals surface area contributed by atoms with Crippen LogP contribution in [0, 0.1) is 13.8 Å². The number of aromatic nitrogens is 1. The van der Waals surface area contributed by atoms with Gasteiger partial charge in [-0.3, -0.25) is 4.79 Å². The first-order valence-corrected chi connectivity index (χ1v) is 6.09. The standard InChI is InChI=1S/C15H14N2O2/c1-9-5-6-16-14(9)15(18)17-12-3-4-13-11(8-12)7-10(2)19-13/h3-8,16H,1-2H3,(H,17,18). The molecule has 3 aromatic rings. The Kier molecular flexibility index (Phi) is 2.63. The Morgan fingerprint density at radius 1 is 1.21 bits per heavy atom. The largest absolute Gasteiger partial charge is 0.461 e. The van der Waals surface area contributed by atoms with Crippen molar-refractivity contribution >= 4 is 22.6 Å². The second-order valence-electron chi connectivity index (χ2n) is 4.60. The highest BCUT2D eigenvalue weighted by molar-refractivity contribution is 6.04. The highest BCUT2D eigenvalue weighted by Gasteiger charge is 2.10. The van der Waals surface area contributed by atoms with Gasteiger partial charge in [0.15, 0.2) is 0 Å². The molecule has 0 spiro atoms. The third-order valence-corrected chi connectivity index (χ3v) is 3.08. The Morgan fingerprint density at radius 2 is 2.05 bits per heavy atom. The molecule has 0 aliphatic rings. The molecule has 0 aliphatic heterocycles. The zero-order chi connectivity index (χ0) is 13.4. The topological polar surface area (TPSA) is 58.0 Å². The fraction of sp³-hybridized carbons (Fsp3) is 0.133. The molecule has 0 saturated heterocycles. The van der Waals surface area contributed by atoms with Crippen LogP contribution in [-0.4, -0.2) is 10.9 Å². The molecule has 0 atom stereocenters. The van der Waals surface area contributed by atoms with E-state index in [-0.39, 0.29) is 5.91 Å². The van der Waals surface area contributed by atoms with Crippen molar-refractivity contribution in [2.45, 2.75) is 13.8 Å². The Bertz CT molecular complexity index is 752. The first-order chi connectivity index (χ1) is 9.13. The minimum atomic E-state index is -0.137. The smallest absolute Gasteiger partial charge is 0.272 e. The van der Waals surface area contributed by atoms with E-state index in [2.05, 4.69) is 10.3 Å². The van der Waals surface area contributed by atoms with Crippen LogP contribution in [0.2, 0.25) is 0 Å². The average molecular weight is 254 g/mol. The van der Waals surface area contributed by atoms with Crippen molar-refractivity contribution in [1.82, 2.24) is 4.98 Å². The van der Waals surface area contributed by atoms with Gasteiger partial charge < -0.3 is 14.7 Å². The Hall–Kier alpha value is -2.49. The number of furan rings is 1. The summed E-state index contributed by atoms with van der Waals surface area (Å²) < 4.78 is 5.50. The van der Waals surface area contributed by atoms with Crippen LogP contribution in [-0.2, 0) is 0 Å². The van der Waals surface area contributed by atoms with E-state index in [1.807, 2.05) is 44.2 Å². The molecule has 0 bridgehead atoms. The quantitative estimate of drug-likeness (QED) is 0.733. The van der Waals surface area contributed by atoms with E-state index in [4.69, 9.17) is 4.42 Å². The SMILES string of the molecule is Cc1cc2cc(NC(=O)c3[nH]ccc3C)ccc2o1. The minimum absolute atomic E-state index is 0.137. The van der Waals surface area contributed by atoms with E-state index in [0.29, 0.717) is 5.69 Å². The number of fused-ring (bicyclic) bond motifs is 1. The maximum Gasteiger partial charge on any atom is 0.272 e. The van der Waals surface area contributed by atoms with Crippen molar-refractivity contribution in [2.24, 2.45) is 0 Å². The molecule has 1 aromatic carbocycles. The van der Waals surface area contributed by atoms with Crippen molar-refractivity contribution in [1.29, 1.82) is 0 Å². The Balaban J connectivity index is 1.89. The summed E-state index contributed by atoms with van der Waals surface area (Å²) in [6.45, 7) is 3.80. The molecule has 0 aliphatic carbocycles. The summed E-state index contributed by atoms with van der Waals surface area (Å²) >= 11 is 0. The van der Waals surface area contributed by atoms with Gasteiger partial charge in [-0.2, -0.15) is 0 Å². The number of benzene rings is 1. The molecule has 96 valence electrons. The lowest BCUT2D eigenvalue weighted by atomic mass is 10.2. The zero-order valence-corrected chi connectivity index (χ0v) is 10.8. The molecule has 0 fully saturated rings. The number of aromatic amines is 1. The zero-order valence-electron chi connectivity index (χ0n) is 10.8. The van der Waals surface area contributed by atoms with Crippen LogP contribution in [0.4, 0.5) is 5.69 Å². The number of anilines is 1. The van der Waals surface area contributed by atoms with Gasteiger partial charge in [0.1, 0.15) is 17.0 Å². The van der Waals surface area contributed by atoms with Crippen LogP contribution in [0.25, 0.3) is 11.0 Å². The third kappa shape index (κ3) is 2.12. The van der Waals surface area contributed by atoms with Crippen molar-refractivity contribution in [3.63, 3.8) is 0 Å². The Morgan fingerprint density at radius 3 is 2.79 bits per heavy atom. The molecule has 19 heavy (non-hydrogen) atoms. The summed E-state index contributed by atoms with van der Waals surface area (Å²) in [6, 6.07) is 9.42. The van der Waals surface area contributed by atoms with Gasteiger partial charge in [-0.05, 0) is 49.7 Å². The van der Waals surface area contributed by atoms with Crippen LogP contribution in [0.5, 0.6) is 0 Å². The number of rotatable bonds is 2. The van der Waals surface area contributed by atoms with E-state index >= 15 is 0 Å². The van der Waals surface area contributed by atoms with E-state index in [1.54, 1.807) is 6.20 Å². The molecule has 0 radical (unpaired) electrons. The third-order valence-electron chi connectivity index (χ3n) is 3.08. The van der Waals surface area contributed by atoms with Crippen LogP contribution in [0.15, 0.2) is 40.9 Å². The minimum Gasteiger partial charge on any atom is -0.461 e. The molecule has 0 saturated carbocycles. The maximum atomic E-state index is 12.1. The predicted octanol–water partition coefficient (Wildman–Crippen LogP) is 3.63. The molecule has 2 heterocycles. The van der Waals surface area contributed by atoms with Crippen molar-refractivity contribution in [3.8, 4) is 0 Å². The molecule has 4 nitrogen and oxygen atoms in total. The lowest BCUT2D eigenvalue weighted by Crippen LogP contribution is -2.13. The number of carbonyl (C=O) groups excluding carboxylic acids is 1. The summed E-state index contributed by atoms with van der Waals surface area (Å²) in [4.78, 5) is 15.0. The molecule has 2 N–H and O–H groups in total. The van der Waals surface area contributed by atoms with Gasteiger partial charge in [0, 0.05) is 17.3 Å². The number of aryl methyl sites for hydroxylation is 2. The van der Waals surface area contributed by atoms with E-state index < -0.39 is 0 Å². The summed E-state index contributed by atoms with van der Waals surface area (Å²) in [5.74, 6) is 0.723. The lowest BCUT2D eigenvalue weighted by Gasteiger charge is -2.04. The Labute approximate surface area is 110 Å². The van der Waals surface area contributed by atoms with Gasteiger partial charge in [-0.15, -0.1) is 0 Å². The van der Waals surface area contributed by atoms with Crippen LogP contribution < -0.4 is 5.32 Å². The number of H-pyrrole nitrogens is 1. The molecule has 3 rings (SSSR count). The summed E-state index contributed by atoms with van der Waals surface area (Å²) in [6.07, 6.45) is 1.76. The molecule has 4 heteroatoms. The molecular formula is C15H14N2O2. The second kappa shape index (κ2) is 4.31. The van der Waals surface area contributed by atoms with Crippen molar-refractivity contribution in [2.75, 3.05) is 5.32 Å². The number of carbonyl (C=O) groups is 1. The molecule has 2 aromatic heterocycles. The van der Waals surface area contributed by atoms with Crippen LogP contribution in [0.1, 0.15) is 21.8 Å². The van der Waals surface area contributed by atoms with E-state index in [9.17, 15) is 4.79 Å². The first-order valence-electron chi connectivity index (χ1n) is 6.09. The van der Waals surface area contributed by atoms with Gasteiger partial charge >= 0.3 is 0 Å². The van der Waals surface area contributed by atoms with Gasteiger partial charge in [0.25, 0.3) is 5.91 Å². The number of hydrogen-bond donors (Lipinski definition) is 2. The highest BCUT2D eigenvalue weighted by Crippen LogP contribution is 2.23. The van der Waals surface area contributed by atoms with Gasteiger partial charge in [0.2, 0.25) is 0 Å².